The van der Waals surface area contributed by atoms with Gasteiger partial charge in [-0.25, -0.2) is 0 Å². The Balaban J connectivity index is 2.45. The van der Waals surface area contributed by atoms with Gasteiger partial charge in [0.05, 0.1) is 19.2 Å². The zero-order valence-electron chi connectivity index (χ0n) is 8.87. The fourth-order valence-electron chi connectivity index (χ4n) is 1.87. The number of ether oxygens (including phenoxy) is 1. The smallest absolute Gasteiger partial charge is 0.236 e. The second kappa shape index (κ2) is 5.98. The van der Waals surface area contributed by atoms with Crippen molar-refractivity contribution in [1.29, 1.82) is 0 Å². The second-order valence-corrected chi connectivity index (χ2v) is 3.60. The molecule has 0 radical (unpaired) electrons. The Kier molecular flexibility index (Phi) is 4.90. The van der Waals surface area contributed by atoms with Gasteiger partial charge in [-0.2, -0.15) is 0 Å². The predicted octanol–water partition coefficient (Wildman–Crippen LogP) is 0.363. The summed E-state index contributed by atoms with van der Waals surface area (Å²) >= 11 is 0. The van der Waals surface area contributed by atoms with Crippen LogP contribution in [0.2, 0.25) is 0 Å². The van der Waals surface area contributed by atoms with E-state index in [-0.39, 0.29) is 18.5 Å². The topological polar surface area (TPSA) is 55.6 Å². The summed E-state index contributed by atoms with van der Waals surface area (Å²) in [5.74, 6) is 0.0504. The van der Waals surface area contributed by atoms with Crippen LogP contribution in [0.25, 0.3) is 0 Å². The summed E-state index contributed by atoms with van der Waals surface area (Å²) in [4.78, 5) is 13.4. The molecule has 1 amide bonds. The standard InChI is InChI=1S/C10H20N2O2/c1-2-14-8-9-5-3-4-6-12(9)10(13)7-11/h9H,2-8,11H2,1H3/t9-/m1/s1. The van der Waals surface area contributed by atoms with E-state index in [2.05, 4.69) is 0 Å². The maximum absolute atomic E-state index is 11.5. The lowest BCUT2D eigenvalue weighted by atomic mass is 10.0. The average molecular weight is 200 g/mol. The number of carbonyl (C=O) groups is 1. The number of likely N-dealkylation sites (tertiary alicyclic amines) is 1. The van der Waals surface area contributed by atoms with E-state index >= 15 is 0 Å². The van der Waals surface area contributed by atoms with Gasteiger partial charge in [-0.3, -0.25) is 4.79 Å². The molecule has 1 rings (SSSR count). The Labute approximate surface area is 85.4 Å². The number of nitrogens with zero attached hydrogens (tertiary/aromatic N) is 1. The van der Waals surface area contributed by atoms with Gasteiger partial charge in [0.1, 0.15) is 0 Å². The molecule has 0 saturated carbocycles. The van der Waals surface area contributed by atoms with Crippen LogP contribution in [0.3, 0.4) is 0 Å². The van der Waals surface area contributed by atoms with Crippen molar-refractivity contribution in [3.05, 3.63) is 0 Å². The highest BCUT2D eigenvalue weighted by atomic mass is 16.5. The molecule has 0 aromatic carbocycles. The van der Waals surface area contributed by atoms with Crippen molar-refractivity contribution in [1.82, 2.24) is 4.90 Å². The zero-order chi connectivity index (χ0) is 10.4. The SMILES string of the molecule is CCOC[C@H]1CCCCN1C(=O)CN. The number of hydrogen-bond acceptors (Lipinski definition) is 3. The molecule has 1 heterocycles. The fraction of sp³-hybridized carbons (Fsp3) is 0.900. The van der Waals surface area contributed by atoms with Gasteiger partial charge in [-0.1, -0.05) is 0 Å². The van der Waals surface area contributed by atoms with E-state index in [0.29, 0.717) is 13.2 Å². The van der Waals surface area contributed by atoms with Crippen LogP contribution in [-0.4, -0.2) is 43.2 Å². The molecule has 4 heteroatoms. The molecule has 4 nitrogen and oxygen atoms in total. The summed E-state index contributed by atoms with van der Waals surface area (Å²) in [5.41, 5.74) is 5.36. The third-order valence-corrected chi connectivity index (χ3v) is 2.64. The summed E-state index contributed by atoms with van der Waals surface area (Å²) < 4.78 is 5.36. The molecule has 14 heavy (non-hydrogen) atoms. The van der Waals surface area contributed by atoms with Crippen molar-refractivity contribution >= 4 is 5.91 Å². The van der Waals surface area contributed by atoms with Crippen molar-refractivity contribution in [2.45, 2.75) is 32.2 Å². The Morgan fingerprint density at radius 2 is 2.36 bits per heavy atom. The Morgan fingerprint density at radius 3 is 3.00 bits per heavy atom. The Bertz CT molecular complexity index is 185. The van der Waals surface area contributed by atoms with Crippen molar-refractivity contribution in [3.8, 4) is 0 Å². The molecule has 2 N–H and O–H groups in total. The minimum absolute atomic E-state index is 0.0504. The number of hydrogen-bond donors (Lipinski definition) is 1. The molecule has 1 aliphatic heterocycles. The fourth-order valence-corrected chi connectivity index (χ4v) is 1.87. The molecule has 1 atom stereocenters. The average Bonchev–Trinajstić information content (AvgIpc) is 2.25. The number of carbonyl (C=O) groups excluding carboxylic acids is 1. The van der Waals surface area contributed by atoms with Crippen LogP contribution in [0.5, 0.6) is 0 Å². The number of piperidine rings is 1. The van der Waals surface area contributed by atoms with E-state index in [1.54, 1.807) is 0 Å². The first-order valence-corrected chi connectivity index (χ1v) is 5.36. The van der Waals surface area contributed by atoms with Crippen LogP contribution in [0.15, 0.2) is 0 Å². The van der Waals surface area contributed by atoms with Gasteiger partial charge in [0, 0.05) is 13.2 Å². The van der Waals surface area contributed by atoms with Crippen molar-refractivity contribution in [3.63, 3.8) is 0 Å². The zero-order valence-corrected chi connectivity index (χ0v) is 8.87. The van der Waals surface area contributed by atoms with Crippen LogP contribution in [0, 0.1) is 0 Å². The second-order valence-electron chi connectivity index (χ2n) is 3.60. The number of rotatable bonds is 4. The molecule has 1 fully saturated rings. The summed E-state index contributed by atoms with van der Waals surface area (Å²) in [6, 6.07) is 0.250. The Morgan fingerprint density at radius 1 is 1.57 bits per heavy atom. The van der Waals surface area contributed by atoms with E-state index in [1.807, 2.05) is 11.8 Å². The first-order chi connectivity index (χ1) is 6.79. The first-order valence-electron chi connectivity index (χ1n) is 5.36. The van der Waals surface area contributed by atoms with Crippen LogP contribution in [0.4, 0.5) is 0 Å². The molecule has 0 bridgehead atoms. The predicted molar refractivity (Wildman–Crippen MR) is 54.9 cm³/mol. The summed E-state index contributed by atoms with van der Waals surface area (Å²) in [7, 11) is 0. The molecule has 0 spiro atoms. The van der Waals surface area contributed by atoms with E-state index in [0.717, 1.165) is 19.4 Å². The minimum Gasteiger partial charge on any atom is -0.380 e. The molecular weight excluding hydrogens is 180 g/mol. The van der Waals surface area contributed by atoms with Gasteiger partial charge < -0.3 is 15.4 Å². The van der Waals surface area contributed by atoms with E-state index < -0.39 is 0 Å². The molecule has 82 valence electrons. The highest BCUT2D eigenvalue weighted by Gasteiger charge is 2.25. The van der Waals surface area contributed by atoms with E-state index in [9.17, 15) is 4.79 Å². The Hall–Kier alpha value is -0.610. The summed E-state index contributed by atoms with van der Waals surface area (Å²) in [5, 5.41) is 0. The molecule has 0 aromatic rings. The third kappa shape index (κ3) is 2.96. The highest BCUT2D eigenvalue weighted by Crippen LogP contribution is 2.17. The highest BCUT2D eigenvalue weighted by molar-refractivity contribution is 5.78. The van der Waals surface area contributed by atoms with Gasteiger partial charge in [0.25, 0.3) is 0 Å². The first kappa shape index (κ1) is 11.5. The lowest BCUT2D eigenvalue weighted by molar-refractivity contribution is -0.134. The molecule has 1 aliphatic rings. The monoisotopic (exact) mass is 200 g/mol. The summed E-state index contributed by atoms with van der Waals surface area (Å²) in [6.07, 6.45) is 3.33. The van der Waals surface area contributed by atoms with E-state index in [4.69, 9.17) is 10.5 Å². The maximum atomic E-state index is 11.5. The lowest BCUT2D eigenvalue weighted by Gasteiger charge is -2.35. The van der Waals surface area contributed by atoms with Crippen molar-refractivity contribution < 1.29 is 9.53 Å². The van der Waals surface area contributed by atoms with Crippen molar-refractivity contribution in [2.24, 2.45) is 5.73 Å². The van der Waals surface area contributed by atoms with Crippen LogP contribution in [0.1, 0.15) is 26.2 Å². The van der Waals surface area contributed by atoms with Gasteiger partial charge in [-0.15, -0.1) is 0 Å². The molecule has 0 unspecified atom stereocenters. The molecule has 0 aliphatic carbocycles. The summed E-state index contributed by atoms with van der Waals surface area (Å²) in [6.45, 7) is 4.29. The van der Waals surface area contributed by atoms with Gasteiger partial charge >= 0.3 is 0 Å². The van der Waals surface area contributed by atoms with Gasteiger partial charge in [0.2, 0.25) is 5.91 Å². The van der Waals surface area contributed by atoms with E-state index in [1.165, 1.54) is 6.42 Å². The normalized spacial score (nSPS) is 22.4. The third-order valence-electron chi connectivity index (χ3n) is 2.64. The number of amides is 1. The molecule has 0 aromatic heterocycles. The molecular formula is C10H20N2O2. The number of nitrogens with two attached hydrogens (primary N) is 1. The maximum Gasteiger partial charge on any atom is 0.236 e. The minimum atomic E-state index is 0.0504. The van der Waals surface area contributed by atoms with Crippen molar-refractivity contribution in [2.75, 3.05) is 26.3 Å². The van der Waals surface area contributed by atoms with Crippen LogP contribution >= 0.6 is 0 Å². The molecule has 1 saturated heterocycles. The van der Waals surface area contributed by atoms with Crippen LogP contribution in [-0.2, 0) is 9.53 Å². The largest absolute Gasteiger partial charge is 0.380 e. The van der Waals surface area contributed by atoms with Gasteiger partial charge in [0.15, 0.2) is 0 Å². The van der Waals surface area contributed by atoms with Gasteiger partial charge in [-0.05, 0) is 26.2 Å². The van der Waals surface area contributed by atoms with Crippen LogP contribution < -0.4 is 5.73 Å². The quantitative estimate of drug-likeness (QED) is 0.713. The lowest BCUT2D eigenvalue weighted by Crippen LogP contribution is -2.48.